The van der Waals surface area contributed by atoms with Crippen LogP contribution in [0.4, 0.5) is 4.79 Å². The van der Waals surface area contributed by atoms with E-state index in [1.54, 1.807) is 60.6 Å². The summed E-state index contributed by atoms with van der Waals surface area (Å²) < 4.78 is 23.4. The molecule has 4 rings (SSSR count). The zero-order valence-electron chi connectivity index (χ0n) is 48.0. The highest BCUT2D eigenvalue weighted by atomic mass is 16.6. The first-order valence-electron chi connectivity index (χ1n) is 27.4. The van der Waals surface area contributed by atoms with Crippen LogP contribution in [0.15, 0.2) is 91.0 Å². The van der Waals surface area contributed by atoms with E-state index in [0.29, 0.717) is 6.42 Å². The largest absolute Gasteiger partial charge is 0.444 e. The predicted molar refractivity (Wildman–Crippen MR) is 300 cm³/mol. The molecule has 1 aliphatic rings. The zero-order chi connectivity index (χ0) is 59.8. The van der Waals surface area contributed by atoms with Crippen molar-refractivity contribution in [3.63, 3.8) is 0 Å². The number of rotatable bonds is 31. The van der Waals surface area contributed by atoms with Gasteiger partial charge in [-0.25, -0.2) is 10.6 Å². The number of nitrogens with two attached hydrogens (primary N) is 2. The van der Waals surface area contributed by atoms with Gasteiger partial charge < -0.3 is 61.5 Å². The fourth-order valence-corrected chi connectivity index (χ4v) is 8.73. The van der Waals surface area contributed by atoms with Crippen LogP contribution in [0.2, 0.25) is 0 Å². The second kappa shape index (κ2) is 32.7. The summed E-state index contributed by atoms with van der Waals surface area (Å²) in [5.74, 6) is -1.27. The van der Waals surface area contributed by atoms with Crippen LogP contribution in [0.3, 0.4) is 0 Å². The Morgan fingerprint density at radius 1 is 0.593 bits per heavy atom. The number of nitrogens with one attached hydrogen (secondary N) is 7. The third-order valence-electron chi connectivity index (χ3n) is 13.1. The first-order valence-corrected chi connectivity index (χ1v) is 27.4. The number of hydrogen-bond donors (Lipinski definition) is 9. The number of primary amides is 1. The highest BCUT2D eigenvalue weighted by Gasteiger charge is 2.43. The Kier molecular flexibility index (Phi) is 26.7. The van der Waals surface area contributed by atoms with Crippen molar-refractivity contribution in [2.75, 3.05) is 13.2 Å². The Hall–Kier alpha value is -7.47. The molecular formula is C58H84N10O13. The molecule has 0 saturated carbocycles. The van der Waals surface area contributed by atoms with Crippen molar-refractivity contribution in [1.82, 2.24) is 42.2 Å². The van der Waals surface area contributed by atoms with Crippen LogP contribution in [0.1, 0.15) is 111 Å². The van der Waals surface area contributed by atoms with Crippen molar-refractivity contribution in [3.8, 4) is 0 Å². The number of carbonyl (C=O) groups excluding carboxylic acids is 9. The molecule has 1 saturated heterocycles. The molecule has 1 fully saturated rings. The van der Waals surface area contributed by atoms with Gasteiger partial charge in [0.1, 0.15) is 47.9 Å². The van der Waals surface area contributed by atoms with Gasteiger partial charge in [-0.3, -0.25) is 43.8 Å². The van der Waals surface area contributed by atoms with Gasteiger partial charge in [-0.15, -0.1) is 0 Å². The van der Waals surface area contributed by atoms with Crippen LogP contribution in [0.25, 0.3) is 0 Å². The Morgan fingerprint density at radius 3 is 1.59 bits per heavy atom. The van der Waals surface area contributed by atoms with E-state index >= 15 is 0 Å². The Balaban J connectivity index is 1.58. The molecule has 0 aromatic heterocycles. The van der Waals surface area contributed by atoms with Gasteiger partial charge in [0, 0.05) is 13.0 Å². The SMILES string of the molecule is CC(C)CC(NC(=O)C1CCCN1C(=O)C(NC(=O)C(CCC(N)=O)NC(=O)C(COCc1ccccc1)NC(=O)OC(C)(C)C)C(C)OCc1ccccc1)C(=O)NC(C(=O)NC(C(=O)NN)C(C)OCc1ccccc1)C(C)C. The number of likely N-dealkylation sites (tertiary alicyclic amines) is 1. The maximum atomic E-state index is 15.0. The fourth-order valence-electron chi connectivity index (χ4n) is 8.73. The van der Waals surface area contributed by atoms with E-state index in [2.05, 4.69) is 37.3 Å². The molecule has 0 radical (unpaired) electrons. The maximum absolute atomic E-state index is 15.0. The minimum atomic E-state index is -1.51. The van der Waals surface area contributed by atoms with Gasteiger partial charge in [0.2, 0.25) is 41.4 Å². The van der Waals surface area contributed by atoms with Gasteiger partial charge in [0.15, 0.2) is 0 Å². The Labute approximate surface area is 474 Å². The summed E-state index contributed by atoms with van der Waals surface area (Å²) in [6, 6.07) is 18.1. The van der Waals surface area contributed by atoms with Crippen LogP contribution in [-0.2, 0) is 77.1 Å². The third kappa shape index (κ3) is 22.5. The van der Waals surface area contributed by atoms with E-state index in [1.807, 2.05) is 92.7 Å². The Bertz CT molecular complexity index is 2530. The summed E-state index contributed by atoms with van der Waals surface area (Å²) in [6.45, 7) is 15.1. The molecule has 11 N–H and O–H groups in total. The number of benzene rings is 3. The van der Waals surface area contributed by atoms with Crippen LogP contribution < -0.4 is 48.9 Å². The summed E-state index contributed by atoms with van der Waals surface area (Å²) in [5, 5.41) is 16.1. The number of hydrogen-bond acceptors (Lipinski definition) is 14. The summed E-state index contributed by atoms with van der Waals surface area (Å²) in [7, 11) is 0. The first kappa shape index (κ1) is 66.0. The number of hydrazine groups is 1. The normalized spacial score (nSPS) is 16.3. The average Bonchev–Trinajstić information content (AvgIpc) is 3.93. The van der Waals surface area contributed by atoms with E-state index in [9.17, 15) is 43.2 Å². The summed E-state index contributed by atoms with van der Waals surface area (Å²) in [4.78, 5) is 126. The smallest absolute Gasteiger partial charge is 0.408 e. The molecule has 1 aliphatic heterocycles. The number of amides is 9. The number of nitrogens with zero attached hydrogens (tertiary/aromatic N) is 1. The number of ether oxygens (including phenoxy) is 4. The summed E-state index contributed by atoms with van der Waals surface area (Å²) in [6.07, 6.45) is -2.90. The number of alkyl carbamates (subject to hydrolysis) is 1. The molecule has 0 spiro atoms. The molecule has 9 amide bonds. The molecule has 23 heteroatoms. The lowest BCUT2D eigenvalue weighted by molar-refractivity contribution is -0.146. The second-order valence-electron chi connectivity index (χ2n) is 21.9. The monoisotopic (exact) mass is 1130 g/mol. The highest BCUT2D eigenvalue weighted by molar-refractivity contribution is 5.98. The van der Waals surface area contributed by atoms with Crippen molar-refractivity contribution in [2.45, 2.75) is 174 Å². The van der Waals surface area contributed by atoms with Gasteiger partial charge in [-0.1, -0.05) is 119 Å². The highest BCUT2D eigenvalue weighted by Crippen LogP contribution is 2.22. The van der Waals surface area contributed by atoms with Crippen molar-refractivity contribution >= 4 is 53.4 Å². The van der Waals surface area contributed by atoms with Crippen LogP contribution in [-0.4, -0.2) is 132 Å². The average molecular weight is 1130 g/mol. The molecular weight excluding hydrogens is 1040 g/mol. The molecule has 0 aliphatic carbocycles. The molecule has 23 nitrogen and oxygen atoms in total. The topological polar surface area (TPSA) is 330 Å². The molecule has 1 heterocycles. The lowest BCUT2D eigenvalue weighted by atomic mass is 9.99. The second-order valence-corrected chi connectivity index (χ2v) is 21.9. The van der Waals surface area contributed by atoms with Crippen LogP contribution in [0, 0.1) is 11.8 Å². The lowest BCUT2D eigenvalue weighted by Gasteiger charge is -2.33. The molecule has 9 unspecified atom stereocenters. The van der Waals surface area contributed by atoms with Crippen molar-refractivity contribution < 1.29 is 62.1 Å². The molecule has 81 heavy (non-hydrogen) atoms. The van der Waals surface area contributed by atoms with E-state index in [0.717, 1.165) is 16.7 Å². The molecule has 3 aromatic rings. The van der Waals surface area contributed by atoms with Gasteiger partial charge in [0.25, 0.3) is 5.91 Å². The summed E-state index contributed by atoms with van der Waals surface area (Å²) >= 11 is 0. The maximum Gasteiger partial charge on any atom is 0.408 e. The van der Waals surface area contributed by atoms with Crippen LogP contribution in [0.5, 0.6) is 0 Å². The number of carbonyl (C=O) groups is 9. The van der Waals surface area contributed by atoms with Gasteiger partial charge in [-0.2, -0.15) is 0 Å². The van der Waals surface area contributed by atoms with Crippen molar-refractivity contribution in [2.24, 2.45) is 23.4 Å². The standard InChI is InChI=1S/C58H84N10O13/c1-35(2)30-43(51(71)64-47(36(3)4)54(74)65-48(55(75)67-60)37(5)79-32-40-22-15-11-16-23-40)62-53(73)45-26-19-29-68(45)56(76)49(38(6)80-33-41-24-17-12-18-25-41)66-50(70)42(27-28-46(59)69)61-52(72)44(63-57(77)81-58(7,8)9)34-78-31-39-20-13-10-14-21-39/h10-18,20-25,35-38,42-45,47-49H,19,26-34,60H2,1-9H3,(H2,59,69)(H,61,72)(H,62,73)(H,63,77)(H,64,71)(H,65,74)(H,66,70)(H,67,75). The first-order chi connectivity index (χ1) is 38.4. The quantitative estimate of drug-likeness (QED) is 0.0254. The van der Waals surface area contributed by atoms with Crippen molar-refractivity contribution in [3.05, 3.63) is 108 Å². The fraction of sp³-hybridized carbons (Fsp3) is 0.534. The third-order valence-corrected chi connectivity index (χ3v) is 13.1. The van der Waals surface area contributed by atoms with Crippen LogP contribution >= 0.6 is 0 Å². The molecule has 0 bridgehead atoms. The zero-order valence-corrected chi connectivity index (χ0v) is 48.0. The van der Waals surface area contributed by atoms with E-state index in [4.69, 9.17) is 30.5 Å². The Morgan fingerprint density at radius 2 is 1.09 bits per heavy atom. The van der Waals surface area contributed by atoms with E-state index in [1.165, 1.54) is 4.90 Å². The molecule has 444 valence electrons. The van der Waals surface area contributed by atoms with E-state index in [-0.39, 0.29) is 64.6 Å². The molecule has 3 aromatic carbocycles. The van der Waals surface area contributed by atoms with E-state index < -0.39 is 119 Å². The van der Waals surface area contributed by atoms with Gasteiger partial charge in [0.05, 0.1) is 38.6 Å². The minimum absolute atomic E-state index is 0.0116. The van der Waals surface area contributed by atoms with Crippen molar-refractivity contribution in [1.29, 1.82) is 0 Å². The van der Waals surface area contributed by atoms with Gasteiger partial charge >= 0.3 is 6.09 Å². The summed E-state index contributed by atoms with van der Waals surface area (Å²) in [5.41, 5.74) is 9.03. The van der Waals surface area contributed by atoms with Gasteiger partial charge in [-0.05, 0) is 88.8 Å². The predicted octanol–water partition coefficient (Wildman–Crippen LogP) is 2.68. The lowest BCUT2D eigenvalue weighted by Crippen LogP contribution is -2.62. The molecule has 9 atom stereocenters. The minimum Gasteiger partial charge on any atom is -0.444 e.